The summed E-state index contributed by atoms with van der Waals surface area (Å²) in [5, 5.41) is 2.19. The molecular weight excluding hydrogens is 360 g/mol. The van der Waals surface area contributed by atoms with Crippen LogP contribution in [0.5, 0.6) is 0 Å². The lowest BCUT2D eigenvalue weighted by Crippen LogP contribution is -2.48. The second-order valence-corrected chi connectivity index (χ2v) is 8.15. The minimum Gasteiger partial charge on any atom is -0.465 e. The van der Waals surface area contributed by atoms with Crippen molar-refractivity contribution in [2.45, 2.75) is 31.8 Å². The molecule has 0 unspecified atom stereocenters. The van der Waals surface area contributed by atoms with Crippen LogP contribution in [-0.2, 0) is 17.7 Å². The van der Waals surface area contributed by atoms with Crippen molar-refractivity contribution in [1.29, 1.82) is 0 Å². The van der Waals surface area contributed by atoms with Gasteiger partial charge < -0.3 is 9.64 Å². The van der Waals surface area contributed by atoms with Crippen molar-refractivity contribution in [3.8, 4) is 0 Å². The van der Waals surface area contributed by atoms with Gasteiger partial charge in [-0.25, -0.2) is 4.79 Å². The maximum atomic E-state index is 13.0. The highest BCUT2D eigenvalue weighted by atomic mass is 32.1. The monoisotopic (exact) mass is 384 g/mol. The number of thiophene rings is 1. The molecule has 27 heavy (non-hydrogen) atoms. The van der Waals surface area contributed by atoms with E-state index < -0.39 is 5.97 Å². The van der Waals surface area contributed by atoms with E-state index in [2.05, 4.69) is 16.3 Å². The fraction of sp³-hybridized carbons (Fsp3) is 0.429. The number of carbonyl (C=O) groups is 2. The number of likely N-dealkylation sites (tertiary alicyclic amines) is 1. The smallest absolute Gasteiger partial charge is 0.338 e. The van der Waals surface area contributed by atoms with Gasteiger partial charge in [0.15, 0.2) is 0 Å². The van der Waals surface area contributed by atoms with Crippen LogP contribution in [0.1, 0.15) is 44.0 Å². The van der Waals surface area contributed by atoms with Crippen LogP contribution in [0.2, 0.25) is 0 Å². The predicted octanol–water partition coefficient (Wildman–Crippen LogP) is 3.20. The number of hydrogen-bond donors (Lipinski definition) is 0. The molecule has 0 bridgehead atoms. The Morgan fingerprint density at radius 1 is 1.07 bits per heavy atom. The average molecular weight is 385 g/mol. The molecule has 0 atom stereocenters. The molecule has 0 spiro atoms. The summed E-state index contributed by atoms with van der Waals surface area (Å²) in [5.41, 5.74) is 2.24. The van der Waals surface area contributed by atoms with Gasteiger partial charge in [0.25, 0.3) is 5.91 Å². The van der Waals surface area contributed by atoms with Gasteiger partial charge in [-0.1, -0.05) is 12.1 Å². The molecule has 1 aromatic carbocycles. The van der Waals surface area contributed by atoms with Gasteiger partial charge in [-0.05, 0) is 48.4 Å². The van der Waals surface area contributed by atoms with Crippen LogP contribution in [-0.4, -0.2) is 54.5 Å². The second-order valence-electron chi connectivity index (χ2n) is 7.15. The van der Waals surface area contributed by atoms with Gasteiger partial charge in [0.2, 0.25) is 0 Å². The molecule has 0 radical (unpaired) electrons. The molecule has 3 heterocycles. The summed E-state index contributed by atoms with van der Waals surface area (Å²) in [6.45, 7) is 3.60. The SMILES string of the molecule is COC(=O)c1ccccc1C(=O)N1CCC(N2CCc3sccc3C2)CC1. The van der Waals surface area contributed by atoms with E-state index in [1.165, 1.54) is 17.6 Å². The lowest BCUT2D eigenvalue weighted by molar-refractivity contribution is 0.0560. The fourth-order valence-corrected chi connectivity index (χ4v) is 5.03. The minimum absolute atomic E-state index is 0.0757. The Morgan fingerprint density at radius 2 is 1.81 bits per heavy atom. The molecule has 0 aliphatic carbocycles. The molecule has 1 aromatic heterocycles. The number of fused-ring (bicyclic) bond motifs is 1. The molecule has 1 saturated heterocycles. The van der Waals surface area contributed by atoms with Crippen LogP contribution in [0.3, 0.4) is 0 Å². The fourth-order valence-electron chi connectivity index (χ4n) is 4.14. The molecule has 1 amide bonds. The summed E-state index contributed by atoms with van der Waals surface area (Å²) in [4.78, 5) is 30.9. The van der Waals surface area contributed by atoms with E-state index in [4.69, 9.17) is 4.74 Å². The first-order chi connectivity index (χ1) is 13.2. The van der Waals surface area contributed by atoms with E-state index in [9.17, 15) is 9.59 Å². The molecule has 2 aliphatic rings. The van der Waals surface area contributed by atoms with Crippen LogP contribution in [0, 0.1) is 0 Å². The molecule has 142 valence electrons. The molecule has 0 N–H and O–H groups in total. The van der Waals surface area contributed by atoms with Gasteiger partial charge in [0.1, 0.15) is 0 Å². The predicted molar refractivity (Wildman–Crippen MR) is 105 cm³/mol. The van der Waals surface area contributed by atoms with Crippen LogP contribution in [0.15, 0.2) is 35.7 Å². The number of esters is 1. The third-order valence-corrected chi connectivity index (χ3v) is 6.69. The Labute approximate surface area is 163 Å². The highest BCUT2D eigenvalue weighted by molar-refractivity contribution is 7.10. The zero-order chi connectivity index (χ0) is 18.8. The van der Waals surface area contributed by atoms with Crippen LogP contribution >= 0.6 is 11.3 Å². The zero-order valence-electron chi connectivity index (χ0n) is 15.5. The highest BCUT2D eigenvalue weighted by Crippen LogP contribution is 2.28. The van der Waals surface area contributed by atoms with Crippen LogP contribution in [0.4, 0.5) is 0 Å². The van der Waals surface area contributed by atoms with E-state index in [-0.39, 0.29) is 5.91 Å². The van der Waals surface area contributed by atoms with Gasteiger partial charge in [-0.15, -0.1) is 11.3 Å². The number of ether oxygens (including phenoxy) is 1. The third kappa shape index (κ3) is 3.64. The van der Waals surface area contributed by atoms with Crippen LogP contribution < -0.4 is 0 Å². The highest BCUT2D eigenvalue weighted by Gasteiger charge is 2.30. The van der Waals surface area contributed by atoms with Crippen molar-refractivity contribution >= 4 is 23.2 Å². The Kier molecular flexibility index (Phi) is 5.27. The lowest BCUT2D eigenvalue weighted by atomic mass is 9.98. The molecule has 2 aromatic rings. The topological polar surface area (TPSA) is 49.9 Å². The Bertz CT molecular complexity index is 839. The third-order valence-electron chi connectivity index (χ3n) is 5.67. The lowest BCUT2D eigenvalue weighted by Gasteiger charge is -2.40. The maximum absolute atomic E-state index is 13.0. The molecule has 5 nitrogen and oxygen atoms in total. The van der Waals surface area contributed by atoms with Crippen molar-refractivity contribution < 1.29 is 14.3 Å². The number of methoxy groups -OCH3 is 1. The van der Waals surface area contributed by atoms with E-state index in [0.717, 1.165) is 45.4 Å². The molecular formula is C21H24N2O3S. The van der Waals surface area contributed by atoms with E-state index in [1.807, 2.05) is 16.2 Å². The number of piperidine rings is 1. The Balaban J connectivity index is 1.40. The molecule has 0 saturated carbocycles. The number of carbonyl (C=O) groups excluding carboxylic acids is 2. The van der Waals surface area contributed by atoms with Gasteiger partial charge in [0.05, 0.1) is 18.2 Å². The van der Waals surface area contributed by atoms with Crippen LogP contribution in [0.25, 0.3) is 0 Å². The summed E-state index contributed by atoms with van der Waals surface area (Å²) in [7, 11) is 1.34. The quantitative estimate of drug-likeness (QED) is 0.763. The number of nitrogens with zero attached hydrogens (tertiary/aromatic N) is 2. The minimum atomic E-state index is -0.464. The summed E-state index contributed by atoms with van der Waals surface area (Å²) in [6, 6.07) is 9.68. The summed E-state index contributed by atoms with van der Waals surface area (Å²) < 4.78 is 4.82. The molecule has 4 rings (SSSR count). The van der Waals surface area contributed by atoms with E-state index >= 15 is 0 Å². The maximum Gasteiger partial charge on any atom is 0.338 e. The Morgan fingerprint density at radius 3 is 2.56 bits per heavy atom. The van der Waals surface area contributed by atoms with Gasteiger partial charge in [-0.3, -0.25) is 9.69 Å². The number of hydrogen-bond acceptors (Lipinski definition) is 5. The molecule has 1 fully saturated rings. The van der Waals surface area contributed by atoms with Gasteiger partial charge in [-0.2, -0.15) is 0 Å². The van der Waals surface area contributed by atoms with Gasteiger partial charge in [0, 0.05) is 37.1 Å². The van der Waals surface area contributed by atoms with Crippen molar-refractivity contribution in [3.63, 3.8) is 0 Å². The molecule has 6 heteroatoms. The zero-order valence-corrected chi connectivity index (χ0v) is 16.3. The first kappa shape index (κ1) is 18.2. The normalized spacial score (nSPS) is 18.2. The second kappa shape index (κ2) is 7.82. The summed E-state index contributed by atoms with van der Waals surface area (Å²) in [6.07, 6.45) is 3.09. The van der Waals surface area contributed by atoms with Crippen molar-refractivity contribution in [3.05, 3.63) is 57.3 Å². The Hall–Kier alpha value is -2.18. The largest absolute Gasteiger partial charge is 0.465 e. The first-order valence-corrected chi connectivity index (χ1v) is 10.3. The van der Waals surface area contributed by atoms with E-state index in [1.54, 1.807) is 24.3 Å². The average Bonchev–Trinajstić information content (AvgIpc) is 3.20. The number of amides is 1. The van der Waals surface area contributed by atoms with Crippen molar-refractivity contribution in [2.75, 3.05) is 26.7 Å². The standard InChI is InChI=1S/C21H24N2O3S/c1-26-21(25)18-5-3-2-4-17(18)20(24)22-10-6-16(7-11-22)23-12-8-19-15(14-23)9-13-27-19/h2-5,9,13,16H,6-8,10-12,14H2,1H3. The van der Waals surface area contributed by atoms with Crippen molar-refractivity contribution in [1.82, 2.24) is 9.80 Å². The summed E-state index contributed by atoms with van der Waals surface area (Å²) >= 11 is 1.86. The van der Waals surface area contributed by atoms with Crippen molar-refractivity contribution in [2.24, 2.45) is 0 Å². The first-order valence-electron chi connectivity index (χ1n) is 9.43. The van der Waals surface area contributed by atoms with E-state index in [0.29, 0.717) is 17.2 Å². The number of rotatable bonds is 3. The van der Waals surface area contributed by atoms with Gasteiger partial charge >= 0.3 is 5.97 Å². The number of benzene rings is 1. The summed E-state index contributed by atoms with van der Waals surface area (Å²) in [5.74, 6) is -0.540. The molecule has 2 aliphatic heterocycles.